The van der Waals surface area contributed by atoms with E-state index in [4.69, 9.17) is 4.74 Å². The Kier molecular flexibility index (Phi) is 6.80. The maximum atomic E-state index is 12.1. The predicted octanol–water partition coefficient (Wildman–Crippen LogP) is 1.31. The van der Waals surface area contributed by atoms with Crippen molar-refractivity contribution in [1.82, 2.24) is 15.4 Å². The van der Waals surface area contributed by atoms with Crippen LogP contribution in [-0.2, 0) is 26.1 Å². The zero-order chi connectivity index (χ0) is 21.6. The number of amides is 3. The second kappa shape index (κ2) is 9.51. The van der Waals surface area contributed by atoms with E-state index in [1.807, 2.05) is 30.3 Å². The van der Waals surface area contributed by atoms with Gasteiger partial charge in [0.05, 0.1) is 10.5 Å². The number of sulfonamides is 1. The number of hydrogen-bond donors (Lipinski definition) is 3. The second-order valence-electron chi connectivity index (χ2n) is 6.71. The van der Waals surface area contributed by atoms with Crippen molar-refractivity contribution < 1.29 is 27.5 Å². The van der Waals surface area contributed by atoms with Crippen LogP contribution in [0.3, 0.4) is 0 Å². The number of esters is 1. The molecule has 1 fully saturated rings. The monoisotopic (exact) mass is 431 g/mol. The minimum absolute atomic E-state index is 0.0250. The zero-order valence-electron chi connectivity index (χ0n) is 16.0. The molecule has 0 atom stereocenters. The normalized spacial score (nSPS) is 13.3. The van der Waals surface area contributed by atoms with E-state index in [1.54, 1.807) is 0 Å². The second-order valence-corrected chi connectivity index (χ2v) is 8.43. The van der Waals surface area contributed by atoms with Crippen LogP contribution < -0.4 is 15.4 Å². The van der Waals surface area contributed by atoms with Gasteiger partial charge in [-0.05, 0) is 42.7 Å². The van der Waals surface area contributed by atoms with Crippen molar-refractivity contribution in [3.8, 4) is 0 Å². The molecule has 3 amide bonds. The Labute approximate surface area is 173 Å². The SMILES string of the molecule is O=C(COC(=O)c1ccc(S(=O)(=O)NC2CC2)cc1)NC(=O)NCc1ccccc1. The van der Waals surface area contributed by atoms with Crippen LogP contribution in [0.15, 0.2) is 59.5 Å². The van der Waals surface area contributed by atoms with E-state index in [1.165, 1.54) is 24.3 Å². The van der Waals surface area contributed by atoms with Crippen LogP contribution in [0.1, 0.15) is 28.8 Å². The first kappa shape index (κ1) is 21.5. The Morgan fingerprint density at radius 2 is 1.63 bits per heavy atom. The molecule has 30 heavy (non-hydrogen) atoms. The van der Waals surface area contributed by atoms with E-state index in [-0.39, 0.29) is 23.0 Å². The minimum atomic E-state index is -3.62. The molecular weight excluding hydrogens is 410 g/mol. The van der Waals surface area contributed by atoms with Crippen molar-refractivity contribution in [2.45, 2.75) is 30.3 Å². The third-order valence-electron chi connectivity index (χ3n) is 4.18. The molecule has 1 saturated carbocycles. The van der Waals surface area contributed by atoms with Gasteiger partial charge >= 0.3 is 12.0 Å². The van der Waals surface area contributed by atoms with Gasteiger partial charge in [-0.1, -0.05) is 30.3 Å². The molecule has 0 bridgehead atoms. The molecule has 0 spiro atoms. The third-order valence-corrected chi connectivity index (χ3v) is 5.72. The maximum absolute atomic E-state index is 12.1. The highest BCUT2D eigenvalue weighted by molar-refractivity contribution is 7.89. The molecule has 3 N–H and O–H groups in total. The summed E-state index contributed by atoms with van der Waals surface area (Å²) in [6.45, 7) is -0.411. The fourth-order valence-corrected chi connectivity index (χ4v) is 3.76. The van der Waals surface area contributed by atoms with Gasteiger partial charge < -0.3 is 10.1 Å². The maximum Gasteiger partial charge on any atom is 0.338 e. The summed E-state index contributed by atoms with van der Waals surface area (Å²) >= 11 is 0. The van der Waals surface area contributed by atoms with Crippen molar-refractivity contribution in [2.24, 2.45) is 0 Å². The van der Waals surface area contributed by atoms with Gasteiger partial charge in [-0.25, -0.2) is 22.7 Å². The van der Waals surface area contributed by atoms with Crippen LogP contribution in [0.4, 0.5) is 4.79 Å². The highest BCUT2D eigenvalue weighted by Gasteiger charge is 2.28. The van der Waals surface area contributed by atoms with Crippen LogP contribution in [0.25, 0.3) is 0 Å². The van der Waals surface area contributed by atoms with Gasteiger partial charge in [-0.3, -0.25) is 10.1 Å². The third kappa shape index (κ3) is 6.39. The van der Waals surface area contributed by atoms with Gasteiger partial charge in [0.15, 0.2) is 6.61 Å². The number of carbonyl (C=O) groups is 3. The van der Waals surface area contributed by atoms with E-state index in [2.05, 4.69) is 15.4 Å². The van der Waals surface area contributed by atoms with Crippen molar-refractivity contribution in [3.05, 3.63) is 65.7 Å². The van der Waals surface area contributed by atoms with Gasteiger partial charge in [0.25, 0.3) is 5.91 Å². The van der Waals surface area contributed by atoms with Crippen molar-refractivity contribution in [1.29, 1.82) is 0 Å². The lowest BCUT2D eigenvalue weighted by Crippen LogP contribution is -2.41. The number of benzene rings is 2. The van der Waals surface area contributed by atoms with E-state index >= 15 is 0 Å². The van der Waals surface area contributed by atoms with E-state index in [0.29, 0.717) is 0 Å². The van der Waals surface area contributed by atoms with Gasteiger partial charge in [-0.15, -0.1) is 0 Å². The lowest BCUT2D eigenvalue weighted by molar-refractivity contribution is -0.123. The Balaban J connectivity index is 1.43. The molecule has 3 rings (SSSR count). The summed E-state index contributed by atoms with van der Waals surface area (Å²) < 4.78 is 31.6. The molecule has 0 heterocycles. The van der Waals surface area contributed by atoms with Gasteiger partial charge in [0.1, 0.15) is 0 Å². The average molecular weight is 431 g/mol. The summed E-state index contributed by atoms with van der Waals surface area (Å²) in [5.41, 5.74) is 0.950. The Hall–Kier alpha value is -3.24. The van der Waals surface area contributed by atoms with Crippen LogP contribution in [0.5, 0.6) is 0 Å². The van der Waals surface area contributed by atoms with Gasteiger partial charge in [0.2, 0.25) is 10.0 Å². The molecule has 1 aliphatic carbocycles. The molecule has 0 aliphatic heterocycles. The molecular formula is C20H21N3O6S. The molecule has 1 aliphatic rings. The van der Waals surface area contributed by atoms with E-state index in [0.717, 1.165) is 18.4 Å². The van der Waals surface area contributed by atoms with Crippen LogP contribution in [0, 0.1) is 0 Å². The quantitative estimate of drug-likeness (QED) is 0.540. The zero-order valence-corrected chi connectivity index (χ0v) is 16.8. The summed E-state index contributed by atoms with van der Waals surface area (Å²) in [5, 5.41) is 4.57. The number of carbonyl (C=O) groups excluding carboxylic acids is 3. The summed E-state index contributed by atoms with van der Waals surface area (Å²) in [4.78, 5) is 35.5. The predicted molar refractivity (Wildman–Crippen MR) is 107 cm³/mol. The number of imide groups is 1. The first-order chi connectivity index (χ1) is 14.3. The van der Waals surface area contributed by atoms with Gasteiger partial charge in [0, 0.05) is 12.6 Å². The molecule has 158 valence electrons. The molecule has 0 radical (unpaired) electrons. The lowest BCUT2D eigenvalue weighted by Gasteiger charge is -2.08. The largest absolute Gasteiger partial charge is 0.452 e. The standard InChI is InChI=1S/C20H21N3O6S/c24-18(22-20(26)21-12-14-4-2-1-3-5-14)13-29-19(25)15-6-10-17(11-7-15)30(27,28)23-16-8-9-16/h1-7,10-11,16,23H,8-9,12-13H2,(H2,21,22,24,26). The van der Waals surface area contributed by atoms with E-state index in [9.17, 15) is 22.8 Å². The molecule has 9 nitrogen and oxygen atoms in total. The Morgan fingerprint density at radius 3 is 2.27 bits per heavy atom. The number of ether oxygens (including phenoxy) is 1. The first-order valence-corrected chi connectivity index (χ1v) is 10.7. The van der Waals surface area contributed by atoms with Crippen LogP contribution in [0.2, 0.25) is 0 Å². The van der Waals surface area contributed by atoms with Crippen LogP contribution >= 0.6 is 0 Å². The molecule has 0 aromatic heterocycles. The number of nitrogens with one attached hydrogen (secondary N) is 3. The minimum Gasteiger partial charge on any atom is -0.452 e. The van der Waals surface area contributed by atoms with E-state index < -0.39 is 34.5 Å². The van der Waals surface area contributed by atoms with Crippen molar-refractivity contribution in [3.63, 3.8) is 0 Å². The Morgan fingerprint density at radius 1 is 0.967 bits per heavy atom. The number of urea groups is 1. The Bertz CT molecular complexity index is 1020. The highest BCUT2D eigenvalue weighted by Crippen LogP contribution is 2.22. The average Bonchev–Trinajstić information content (AvgIpc) is 3.54. The number of hydrogen-bond acceptors (Lipinski definition) is 6. The first-order valence-electron chi connectivity index (χ1n) is 9.24. The smallest absolute Gasteiger partial charge is 0.338 e. The number of rotatable bonds is 8. The summed E-state index contributed by atoms with van der Waals surface area (Å²) in [7, 11) is -3.62. The topological polar surface area (TPSA) is 131 Å². The van der Waals surface area contributed by atoms with Crippen molar-refractivity contribution >= 4 is 27.9 Å². The molecule has 0 saturated heterocycles. The lowest BCUT2D eigenvalue weighted by atomic mass is 10.2. The van der Waals surface area contributed by atoms with Gasteiger partial charge in [-0.2, -0.15) is 0 Å². The highest BCUT2D eigenvalue weighted by atomic mass is 32.2. The van der Waals surface area contributed by atoms with Crippen molar-refractivity contribution in [2.75, 3.05) is 6.61 Å². The fraction of sp³-hybridized carbons (Fsp3) is 0.250. The molecule has 0 unspecified atom stereocenters. The summed E-state index contributed by atoms with van der Waals surface area (Å²) in [6, 6.07) is 13.6. The molecule has 2 aromatic carbocycles. The summed E-state index contributed by atoms with van der Waals surface area (Å²) in [5.74, 6) is -1.60. The molecule has 2 aromatic rings. The fourth-order valence-electron chi connectivity index (χ4n) is 2.46. The van der Waals surface area contributed by atoms with Crippen LogP contribution in [-0.4, -0.2) is 39.0 Å². The molecule has 10 heteroatoms. The summed E-state index contributed by atoms with van der Waals surface area (Å²) in [6.07, 6.45) is 1.63.